The molecule has 0 amide bonds. The summed E-state index contributed by atoms with van der Waals surface area (Å²) in [6.07, 6.45) is 1.56. The summed E-state index contributed by atoms with van der Waals surface area (Å²) in [6.45, 7) is 0.155. The molecule has 0 aliphatic rings. The highest BCUT2D eigenvalue weighted by Crippen LogP contribution is 2.40. The molecule has 0 unspecified atom stereocenters. The molecule has 0 N–H and O–H groups in total. The SMILES string of the molecule is COc1cc(/C=C(/C#N)c2nc3ccccc3s2)cc([N+](=O)[O-])c1OCc1ccccc1. The molecule has 1 aromatic heterocycles. The van der Waals surface area contributed by atoms with Gasteiger partial charge in [-0.05, 0) is 35.4 Å². The fourth-order valence-electron chi connectivity index (χ4n) is 3.15. The van der Waals surface area contributed by atoms with Gasteiger partial charge in [-0.3, -0.25) is 10.1 Å². The van der Waals surface area contributed by atoms with Crippen molar-refractivity contribution in [3.05, 3.63) is 93.0 Å². The number of nitrogens with zero attached hydrogens (tertiary/aromatic N) is 3. The number of hydrogen-bond donors (Lipinski definition) is 0. The van der Waals surface area contributed by atoms with Crippen molar-refractivity contribution < 1.29 is 14.4 Å². The normalized spacial score (nSPS) is 11.2. The van der Waals surface area contributed by atoms with Crippen LogP contribution < -0.4 is 9.47 Å². The molecule has 1 heterocycles. The smallest absolute Gasteiger partial charge is 0.315 e. The predicted molar refractivity (Wildman–Crippen MR) is 124 cm³/mol. The van der Waals surface area contributed by atoms with Gasteiger partial charge in [0.15, 0.2) is 5.75 Å². The molecule has 0 saturated carbocycles. The van der Waals surface area contributed by atoms with E-state index < -0.39 is 4.92 Å². The van der Waals surface area contributed by atoms with Crippen LogP contribution in [-0.4, -0.2) is 17.0 Å². The zero-order chi connectivity index (χ0) is 22.5. The Balaban J connectivity index is 1.73. The summed E-state index contributed by atoms with van der Waals surface area (Å²) in [6, 6.07) is 22.1. The topological polar surface area (TPSA) is 98.3 Å². The molecule has 8 heteroatoms. The van der Waals surface area contributed by atoms with Crippen molar-refractivity contribution in [2.75, 3.05) is 7.11 Å². The van der Waals surface area contributed by atoms with Crippen LogP contribution in [0.4, 0.5) is 5.69 Å². The zero-order valence-electron chi connectivity index (χ0n) is 17.0. The second kappa shape index (κ2) is 9.29. The van der Waals surface area contributed by atoms with E-state index in [0.717, 1.165) is 15.8 Å². The highest BCUT2D eigenvalue weighted by Gasteiger charge is 2.22. The van der Waals surface area contributed by atoms with Crippen molar-refractivity contribution in [2.24, 2.45) is 0 Å². The van der Waals surface area contributed by atoms with Crippen LogP contribution in [0.5, 0.6) is 11.5 Å². The van der Waals surface area contributed by atoms with Gasteiger partial charge in [-0.2, -0.15) is 5.26 Å². The molecular weight excluding hydrogens is 426 g/mol. The van der Waals surface area contributed by atoms with Crippen molar-refractivity contribution in [2.45, 2.75) is 6.61 Å². The third-order valence-electron chi connectivity index (χ3n) is 4.66. The average Bonchev–Trinajstić information content (AvgIpc) is 3.25. The lowest BCUT2D eigenvalue weighted by Crippen LogP contribution is -2.02. The number of hydrogen-bond acceptors (Lipinski definition) is 7. The monoisotopic (exact) mass is 443 g/mol. The van der Waals surface area contributed by atoms with Crippen molar-refractivity contribution >= 4 is 38.9 Å². The lowest BCUT2D eigenvalue weighted by Gasteiger charge is -2.12. The first-order chi connectivity index (χ1) is 15.6. The number of fused-ring (bicyclic) bond motifs is 1. The van der Waals surface area contributed by atoms with Crippen LogP contribution in [-0.2, 0) is 6.61 Å². The molecule has 158 valence electrons. The number of nitriles is 1. The largest absolute Gasteiger partial charge is 0.493 e. The van der Waals surface area contributed by atoms with E-state index >= 15 is 0 Å². The number of ether oxygens (including phenoxy) is 2. The average molecular weight is 443 g/mol. The summed E-state index contributed by atoms with van der Waals surface area (Å²) in [4.78, 5) is 15.7. The van der Waals surface area contributed by atoms with Crippen LogP contribution in [0.1, 0.15) is 16.1 Å². The number of rotatable bonds is 7. The van der Waals surface area contributed by atoms with Crippen LogP contribution in [0.25, 0.3) is 21.9 Å². The molecule has 4 rings (SSSR count). The molecule has 0 aliphatic carbocycles. The molecule has 0 atom stereocenters. The summed E-state index contributed by atoms with van der Waals surface area (Å²) in [5, 5.41) is 22.0. The number of methoxy groups -OCH3 is 1. The number of thiazole rings is 1. The Kier molecular flexibility index (Phi) is 6.10. The minimum Gasteiger partial charge on any atom is -0.493 e. The second-order valence-electron chi connectivity index (χ2n) is 6.76. The quantitative estimate of drug-likeness (QED) is 0.202. The highest BCUT2D eigenvalue weighted by molar-refractivity contribution is 7.19. The van der Waals surface area contributed by atoms with Gasteiger partial charge in [0.25, 0.3) is 0 Å². The summed E-state index contributed by atoms with van der Waals surface area (Å²) in [5.41, 5.74) is 2.17. The lowest BCUT2D eigenvalue weighted by molar-refractivity contribution is -0.386. The number of nitro benzene ring substituents is 1. The van der Waals surface area contributed by atoms with Gasteiger partial charge in [0, 0.05) is 6.07 Å². The molecule has 0 bridgehead atoms. The van der Waals surface area contributed by atoms with Crippen molar-refractivity contribution in [3.8, 4) is 17.6 Å². The minimum absolute atomic E-state index is 0.0389. The van der Waals surface area contributed by atoms with Crippen LogP contribution in [0.15, 0.2) is 66.7 Å². The first-order valence-corrected chi connectivity index (χ1v) is 10.4. The van der Waals surface area contributed by atoms with Gasteiger partial charge in [-0.25, -0.2) is 4.98 Å². The van der Waals surface area contributed by atoms with Gasteiger partial charge < -0.3 is 9.47 Å². The van der Waals surface area contributed by atoms with Crippen molar-refractivity contribution in [3.63, 3.8) is 0 Å². The second-order valence-corrected chi connectivity index (χ2v) is 7.79. The number of benzene rings is 3. The van der Waals surface area contributed by atoms with Crippen molar-refractivity contribution in [1.29, 1.82) is 5.26 Å². The zero-order valence-corrected chi connectivity index (χ0v) is 17.8. The molecule has 0 fully saturated rings. The number of para-hydroxylation sites is 1. The molecule has 0 radical (unpaired) electrons. The first-order valence-electron chi connectivity index (χ1n) is 9.60. The molecular formula is C24H17N3O4S. The Morgan fingerprint density at radius 2 is 1.94 bits per heavy atom. The Labute approximate surface area is 187 Å². The van der Waals surface area contributed by atoms with Crippen LogP contribution in [0.2, 0.25) is 0 Å². The van der Waals surface area contributed by atoms with E-state index in [-0.39, 0.29) is 23.8 Å². The maximum Gasteiger partial charge on any atom is 0.315 e. The first kappa shape index (κ1) is 21.0. The molecule has 0 spiro atoms. The molecule has 0 aliphatic heterocycles. The summed E-state index contributed by atoms with van der Waals surface area (Å²) in [7, 11) is 1.42. The van der Waals surface area contributed by atoms with E-state index in [1.807, 2.05) is 54.6 Å². The number of allylic oxidation sites excluding steroid dienone is 1. The Morgan fingerprint density at radius 1 is 1.19 bits per heavy atom. The fraction of sp³-hybridized carbons (Fsp3) is 0.0833. The Hall–Kier alpha value is -4.22. The highest BCUT2D eigenvalue weighted by atomic mass is 32.1. The van der Waals surface area contributed by atoms with Gasteiger partial charge >= 0.3 is 5.69 Å². The van der Waals surface area contributed by atoms with Gasteiger partial charge in [-0.1, -0.05) is 42.5 Å². The van der Waals surface area contributed by atoms with E-state index in [9.17, 15) is 15.4 Å². The van der Waals surface area contributed by atoms with E-state index in [2.05, 4.69) is 11.1 Å². The Bertz CT molecular complexity index is 1320. The minimum atomic E-state index is -0.524. The molecule has 7 nitrogen and oxygen atoms in total. The van der Waals surface area contributed by atoms with Gasteiger partial charge in [0.2, 0.25) is 5.75 Å². The summed E-state index contributed by atoms with van der Waals surface area (Å²) in [5.74, 6) is 0.250. The van der Waals surface area contributed by atoms with Crippen LogP contribution in [0, 0.1) is 21.4 Å². The van der Waals surface area contributed by atoms with Gasteiger partial charge in [0.1, 0.15) is 17.7 Å². The summed E-state index contributed by atoms with van der Waals surface area (Å²) >= 11 is 1.39. The molecule has 3 aromatic carbocycles. The predicted octanol–water partition coefficient (Wildman–Crippen LogP) is 5.86. The maximum atomic E-state index is 11.8. The third-order valence-corrected chi connectivity index (χ3v) is 5.73. The standard InChI is InChI=1S/C24H17N3O4S/c1-30-21-13-17(11-18(14-25)24-26-19-9-5-6-10-22(19)32-24)12-20(27(28)29)23(21)31-15-16-7-3-2-4-8-16/h2-13H,15H2,1H3/b18-11-. The van der Waals surface area contributed by atoms with E-state index in [4.69, 9.17) is 9.47 Å². The molecule has 32 heavy (non-hydrogen) atoms. The number of nitro groups is 1. The van der Waals surface area contributed by atoms with Gasteiger partial charge in [-0.15, -0.1) is 11.3 Å². The van der Waals surface area contributed by atoms with Crippen LogP contribution >= 0.6 is 11.3 Å². The van der Waals surface area contributed by atoms with Crippen LogP contribution in [0.3, 0.4) is 0 Å². The van der Waals surface area contributed by atoms with E-state index in [1.54, 1.807) is 12.1 Å². The maximum absolute atomic E-state index is 11.8. The van der Waals surface area contributed by atoms with Gasteiger partial charge in [0.05, 0.1) is 27.8 Å². The molecule has 4 aromatic rings. The Morgan fingerprint density at radius 3 is 2.62 bits per heavy atom. The number of aromatic nitrogens is 1. The molecule has 0 saturated heterocycles. The summed E-state index contributed by atoms with van der Waals surface area (Å²) < 4.78 is 12.1. The lowest BCUT2D eigenvalue weighted by atomic mass is 10.1. The third kappa shape index (κ3) is 4.43. The fourth-order valence-corrected chi connectivity index (χ4v) is 4.08. The van der Waals surface area contributed by atoms with Crippen molar-refractivity contribution in [1.82, 2.24) is 4.98 Å². The van der Waals surface area contributed by atoms with E-state index in [1.165, 1.54) is 24.5 Å². The van der Waals surface area contributed by atoms with E-state index in [0.29, 0.717) is 16.1 Å².